The Balaban J connectivity index is 1.64. The summed E-state index contributed by atoms with van der Waals surface area (Å²) in [6.45, 7) is 4.33. The second-order valence-corrected chi connectivity index (χ2v) is 6.03. The van der Waals surface area contributed by atoms with Crippen LogP contribution in [0.15, 0.2) is 30.6 Å². The second kappa shape index (κ2) is 5.72. The molecular weight excluding hydrogens is 262 g/mol. The molecule has 3 rings (SSSR count). The zero-order chi connectivity index (χ0) is 14.8. The Morgan fingerprint density at radius 1 is 1.33 bits per heavy atom. The van der Waals surface area contributed by atoms with Crippen LogP contribution in [0.2, 0.25) is 0 Å². The predicted molar refractivity (Wildman–Crippen MR) is 83.3 cm³/mol. The number of rotatable bonds is 3. The van der Waals surface area contributed by atoms with Crippen molar-refractivity contribution in [3.05, 3.63) is 47.5 Å². The number of aromatic nitrogens is 2. The molecule has 21 heavy (non-hydrogen) atoms. The summed E-state index contributed by atoms with van der Waals surface area (Å²) >= 11 is 0. The molecule has 110 valence electrons. The van der Waals surface area contributed by atoms with Gasteiger partial charge in [0.2, 0.25) is 5.91 Å². The first-order valence-electron chi connectivity index (χ1n) is 7.55. The van der Waals surface area contributed by atoms with Gasteiger partial charge in [0, 0.05) is 23.7 Å². The van der Waals surface area contributed by atoms with E-state index < -0.39 is 0 Å². The van der Waals surface area contributed by atoms with Crippen molar-refractivity contribution in [2.75, 3.05) is 5.32 Å². The van der Waals surface area contributed by atoms with Gasteiger partial charge in [-0.3, -0.25) is 4.79 Å². The highest BCUT2D eigenvalue weighted by Gasteiger charge is 2.26. The van der Waals surface area contributed by atoms with Gasteiger partial charge in [-0.05, 0) is 36.5 Å². The molecule has 2 N–H and O–H groups in total. The van der Waals surface area contributed by atoms with Crippen LogP contribution < -0.4 is 5.32 Å². The molecule has 2 aromatic rings. The Labute approximate surface area is 125 Å². The molecule has 0 saturated carbocycles. The summed E-state index contributed by atoms with van der Waals surface area (Å²) in [7, 11) is 0. The van der Waals surface area contributed by atoms with E-state index in [0.717, 1.165) is 36.3 Å². The summed E-state index contributed by atoms with van der Waals surface area (Å²) in [6.07, 6.45) is 4.22. The lowest BCUT2D eigenvalue weighted by atomic mass is 9.89. The highest BCUT2D eigenvalue weighted by atomic mass is 16.1. The van der Waals surface area contributed by atoms with Gasteiger partial charge >= 0.3 is 0 Å². The van der Waals surface area contributed by atoms with Gasteiger partial charge in [0.25, 0.3) is 0 Å². The number of nitrogens with zero attached hydrogens (tertiary/aromatic N) is 1. The largest absolute Gasteiger partial charge is 0.348 e. The van der Waals surface area contributed by atoms with E-state index in [2.05, 4.69) is 41.3 Å². The molecule has 0 bridgehead atoms. The number of anilines is 1. The van der Waals surface area contributed by atoms with Crippen LogP contribution in [0.3, 0.4) is 0 Å². The fourth-order valence-electron chi connectivity index (χ4n) is 2.82. The van der Waals surface area contributed by atoms with E-state index in [9.17, 15) is 4.79 Å². The average molecular weight is 283 g/mol. The van der Waals surface area contributed by atoms with Crippen molar-refractivity contribution >= 4 is 11.6 Å². The van der Waals surface area contributed by atoms with E-state index in [0.29, 0.717) is 5.92 Å². The van der Waals surface area contributed by atoms with Crippen LogP contribution in [-0.4, -0.2) is 15.9 Å². The zero-order valence-electron chi connectivity index (χ0n) is 12.5. The van der Waals surface area contributed by atoms with E-state index in [-0.39, 0.29) is 11.8 Å². The number of hydrogen-bond acceptors (Lipinski definition) is 2. The van der Waals surface area contributed by atoms with Crippen molar-refractivity contribution in [3.8, 4) is 0 Å². The summed E-state index contributed by atoms with van der Waals surface area (Å²) < 4.78 is 0. The Hall–Kier alpha value is -2.10. The monoisotopic (exact) mass is 283 g/mol. The normalized spacial score (nSPS) is 17.6. The number of benzene rings is 1. The molecule has 1 aliphatic rings. The fourth-order valence-corrected chi connectivity index (χ4v) is 2.82. The van der Waals surface area contributed by atoms with Crippen LogP contribution in [0.5, 0.6) is 0 Å². The van der Waals surface area contributed by atoms with Crippen molar-refractivity contribution in [2.45, 2.75) is 39.0 Å². The van der Waals surface area contributed by atoms with Crippen molar-refractivity contribution in [1.29, 1.82) is 0 Å². The minimum absolute atomic E-state index is 0.0303. The van der Waals surface area contributed by atoms with Gasteiger partial charge < -0.3 is 10.3 Å². The molecule has 4 heteroatoms. The molecule has 1 amide bonds. The molecule has 0 radical (unpaired) electrons. The molecule has 0 aliphatic heterocycles. The highest BCUT2D eigenvalue weighted by Crippen LogP contribution is 2.24. The topological polar surface area (TPSA) is 57.8 Å². The predicted octanol–water partition coefficient (Wildman–Crippen LogP) is 3.28. The minimum Gasteiger partial charge on any atom is -0.348 e. The summed E-state index contributed by atoms with van der Waals surface area (Å²) in [4.78, 5) is 19.8. The third-order valence-corrected chi connectivity index (χ3v) is 4.20. The first-order chi connectivity index (χ1) is 10.1. The van der Waals surface area contributed by atoms with Gasteiger partial charge in [-0.1, -0.05) is 26.0 Å². The summed E-state index contributed by atoms with van der Waals surface area (Å²) in [5.41, 5.74) is 4.38. The Bertz CT molecular complexity index is 628. The molecular formula is C17H21N3O. The van der Waals surface area contributed by atoms with Gasteiger partial charge in [0.1, 0.15) is 0 Å². The number of imidazole rings is 1. The standard InChI is InChI=1S/C17H21N3O/c1-11(2)12-3-6-14(7-4-12)20-17(21)13-5-8-15-16(9-13)19-10-18-15/h3-4,6-7,10-11,13H,5,8-9H2,1-2H3,(H,18,19)(H,20,21). The molecule has 1 unspecified atom stereocenters. The lowest BCUT2D eigenvalue weighted by molar-refractivity contribution is -0.120. The quantitative estimate of drug-likeness (QED) is 0.908. The van der Waals surface area contributed by atoms with Crippen LogP contribution in [-0.2, 0) is 17.6 Å². The van der Waals surface area contributed by atoms with Crippen LogP contribution in [0.4, 0.5) is 5.69 Å². The molecule has 0 saturated heterocycles. The smallest absolute Gasteiger partial charge is 0.227 e. The van der Waals surface area contributed by atoms with E-state index in [1.165, 1.54) is 5.56 Å². The van der Waals surface area contributed by atoms with Crippen molar-refractivity contribution in [1.82, 2.24) is 9.97 Å². The maximum absolute atomic E-state index is 12.4. The number of H-pyrrole nitrogens is 1. The zero-order valence-corrected chi connectivity index (χ0v) is 12.5. The SMILES string of the molecule is CC(C)c1ccc(NC(=O)C2CCc3nc[nH]c3C2)cc1. The summed E-state index contributed by atoms with van der Waals surface area (Å²) in [5.74, 6) is 0.641. The molecule has 1 aliphatic carbocycles. The van der Waals surface area contributed by atoms with Gasteiger partial charge in [-0.2, -0.15) is 0 Å². The molecule has 1 aromatic carbocycles. The molecule has 0 spiro atoms. The van der Waals surface area contributed by atoms with E-state index in [4.69, 9.17) is 0 Å². The molecule has 0 fully saturated rings. The Morgan fingerprint density at radius 2 is 2.10 bits per heavy atom. The Kier molecular flexibility index (Phi) is 3.78. The first-order valence-corrected chi connectivity index (χ1v) is 7.55. The van der Waals surface area contributed by atoms with E-state index in [1.54, 1.807) is 6.33 Å². The van der Waals surface area contributed by atoms with Crippen LogP contribution >= 0.6 is 0 Å². The molecule has 1 atom stereocenters. The van der Waals surface area contributed by atoms with Crippen LogP contribution in [0, 0.1) is 5.92 Å². The summed E-state index contributed by atoms with van der Waals surface area (Å²) in [6, 6.07) is 8.12. The first kappa shape index (κ1) is 13.9. The number of fused-ring (bicyclic) bond motifs is 1. The highest BCUT2D eigenvalue weighted by molar-refractivity contribution is 5.92. The van der Waals surface area contributed by atoms with Gasteiger partial charge in [-0.25, -0.2) is 4.98 Å². The number of aryl methyl sites for hydroxylation is 1. The van der Waals surface area contributed by atoms with Crippen molar-refractivity contribution in [2.24, 2.45) is 5.92 Å². The minimum atomic E-state index is 0.0303. The maximum atomic E-state index is 12.4. The van der Waals surface area contributed by atoms with Crippen LogP contribution in [0.25, 0.3) is 0 Å². The maximum Gasteiger partial charge on any atom is 0.227 e. The Morgan fingerprint density at radius 3 is 2.81 bits per heavy atom. The van der Waals surface area contributed by atoms with Crippen molar-refractivity contribution < 1.29 is 4.79 Å². The number of hydrogen-bond donors (Lipinski definition) is 2. The summed E-state index contributed by atoms with van der Waals surface area (Å²) in [5, 5.41) is 3.03. The average Bonchev–Trinajstić information content (AvgIpc) is 2.95. The van der Waals surface area contributed by atoms with Gasteiger partial charge in [0.05, 0.1) is 12.0 Å². The molecule has 1 heterocycles. The third-order valence-electron chi connectivity index (χ3n) is 4.20. The number of carbonyl (C=O) groups excluding carboxylic acids is 1. The van der Waals surface area contributed by atoms with Gasteiger partial charge in [-0.15, -0.1) is 0 Å². The number of amides is 1. The lowest BCUT2D eigenvalue weighted by Gasteiger charge is -2.20. The van der Waals surface area contributed by atoms with E-state index >= 15 is 0 Å². The van der Waals surface area contributed by atoms with E-state index in [1.807, 2.05) is 12.1 Å². The second-order valence-electron chi connectivity index (χ2n) is 6.03. The molecule has 1 aromatic heterocycles. The van der Waals surface area contributed by atoms with Gasteiger partial charge in [0.15, 0.2) is 0 Å². The lowest BCUT2D eigenvalue weighted by Crippen LogP contribution is -2.28. The van der Waals surface area contributed by atoms with Crippen molar-refractivity contribution in [3.63, 3.8) is 0 Å². The van der Waals surface area contributed by atoms with Crippen LogP contribution in [0.1, 0.15) is 43.1 Å². The number of carbonyl (C=O) groups is 1. The fraction of sp³-hybridized carbons (Fsp3) is 0.412. The number of aromatic amines is 1. The third kappa shape index (κ3) is 2.99. The molecule has 4 nitrogen and oxygen atoms in total. The number of nitrogens with one attached hydrogen (secondary N) is 2.